The number of likely N-dealkylation sites (tertiary alicyclic amines) is 1. The number of amides is 1. The van der Waals surface area contributed by atoms with Crippen molar-refractivity contribution in [2.75, 3.05) is 6.54 Å². The summed E-state index contributed by atoms with van der Waals surface area (Å²) in [6.45, 7) is 3.55. The van der Waals surface area contributed by atoms with Gasteiger partial charge in [-0.3, -0.25) is 4.79 Å². The first-order chi connectivity index (χ1) is 8.52. The second kappa shape index (κ2) is 5.06. The van der Waals surface area contributed by atoms with E-state index in [2.05, 4.69) is 0 Å². The molecule has 1 aliphatic heterocycles. The quantitative estimate of drug-likeness (QED) is 0.891. The zero-order valence-electron chi connectivity index (χ0n) is 10.6. The molecule has 0 aliphatic carbocycles. The fourth-order valence-corrected chi connectivity index (χ4v) is 2.43. The van der Waals surface area contributed by atoms with Crippen molar-refractivity contribution < 1.29 is 14.3 Å². The molecule has 1 N–H and O–H groups in total. The zero-order chi connectivity index (χ0) is 13.3. The number of carbonyl (C=O) groups is 1. The van der Waals surface area contributed by atoms with Crippen molar-refractivity contribution in [3.05, 3.63) is 35.9 Å². The molecular weight excluding hydrogens is 233 g/mol. The maximum Gasteiger partial charge on any atom is 0.252 e. The monoisotopic (exact) mass is 251 g/mol. The largest absolute Gasteiger partial charge is 0.383 e. The third-order valence-electron chi connectivity index (χ3n) is 3.69. The number of rotatable bonds is 3. The second-order valence-corrected chi connectivity index (χ2v) is 4.86. The number of hydrogen-bond donors (Lipinski definition) is 1. The maximum absolute atomic E-state index is 13.3. The van der Waals surface area contributed by atoms with Gasteiger partial charge in [0.1, 0.15) is 12.3 Å². The maximum atomic E-state index is 13.3. The Labute approximate surface area is 106 Å². The van der Waals surface area contributed by atoms with Crippen LogP contribution in [0.3, 0.4) is 0 Å². The molecule has 98 valence electrons. The van der Waals surface area contributed by atoms with Crippen molar-refractivity contribution in [1.82, 2.24) is 4.90 Å². The van der Waals surface area contributed by atoms with Crippen molar-refractivity contribution >= 4 is 5.91 Å². The number of hydrogen-bond acceptors (Lipinski definition) is 2. The van der Waals surface area contributed by atoms with Crippen LogP contribution in [0.15, 0.2) is 30.3 Å². The predicted molar refractivity (Wildman–Crippen MR) is 66.6 cm³/mol. The first-order valence-corrected chi connectivity index (χ1v) is 6.20. The molecule has 1 fully saturated rings. The minimum atomic E-state index is -1.21. The topological polar surface area (TPSA) is 40.5 Å². The highest BCUT2D eigenvalue weighted by Gasteiger charge is 2.43. The van der Waals surface area contributed by atoms with Crippen LogP contribution in [-0.4, -0.2) is 34.7 Å². The minimum absolute atomic E-state index is 0.142. The van der Waals surface area contributed by atoms with Crippen molar-refractivity contribution in [2.45, 2.75) is 32.2 Å². The summed E-state index contributed by atoms with van der Waals surface area (Å²) in [5.74, 6) is -0.996. The number of alkyl halides is 1. The molecule has 1 aromatic rings. The second-order valence-electron chi connectivity index (χ2n) is 4.86. The number of nitrogens with zero attached hydrogens (tertiary/aromatic N) is 1. The van der Waals surface area contributed by atoms with Crippen molar-refractivity contribution in [1.29, 1.82) is 0 Å². The summed E-state index contributed by atoms with van der Waals surface area (Å²) >= 11 is 0. The van der Waals surface area contributed by atoms with Gasteiger partial charge in [0.2, 0.25) is 0 Å². The lowest BCUT2D eigenvalue weighted by Crippen LogP contribution is -2.32. The lowest BCUT2D eigenvalue weighted by atomic mass is 10.0. The van der Waals surface area contributed by atoms with E-state index in [0.717, 1.165) is 5.56 Å². The molecule has 2 unspecified atom stereocenters. The molecule has 1 amide bonds. The van der Waals surface area contributed by atoms with E-state index in [1.807, 2.05) is 37.3 Å². The van der Waals surface area contributed by atoms with Gasteiger partial charge in [-0.25, -0.2) is 4.39 Å². The molecule has 0 saturated carbocycles. The number of halogens is 1. The van der Waals surface area contributed by atoms with E-state index in [9.17, 15) is 14.3 Å². The van der Waals surface area contributed by atoms with Gasteiger partial charge in [0, 0.05) is 12.5 Å². The van der Waals surface area contributed by atoms with Gasteiger partial charge in [-0.15, -0.1) is 0 Å². The van der Waals surface area contributed by atoms with Gasteiger partial charge in [-0.2, -0.15) is 0 Å². The molecule has 4 atom stereocenters. The van der Waals surface area contributed by atoms with Gasteiger partial charge >= 0.3 is 0 Å². The average molecular weight is 251 g/mol. The Morgan fingerprint density at radius 2 is 1.94 bits per heavy atom. The highest BCUT2D eigenvalue weighted by Crippen LogP contribution is 2.30. The van der Waals surface area contributed by atoms with Crippen LogP contribution in [0, 0.1) is 5.92 Å². The van der Waals surface area contributed by atoms with Crippen LogP contribution in [0.5, 0.6) is 0 Å². The van der Waals surface area contributed by atoms with Crippen LogP contribution in [0.2, 0.25) is 0 Å². The normalized spacial score (nSPS) is 27.3. The van der Waals surface area contributed by atoms with E-state index in [1.54, 1.807) is 4.90 Å². The molecule has 0 bridgehead atoms. The molecule has 4 heteroatoms. The highest BCUT2D eigenvalue weighted by atomic mass is 19.1. The smallest absolute Gasteiger partial charge is 0.252 e. The molecule has 1 heterocycles. The Morgan fingerprint density at radius 1 is 1.33 bits per heavy atom. The molecule has 2 rings (SSSR count). The van der Waals surface area contributed by atoms with Crippen molar-refractivity contribution in [3.8, 4) is 0 Å². The summed E-state index contributed by atoms with van der Waals surface area (Å²) in [4.78, 5) is 13.5. The molecule has 0 aromatic heterocycles. The average Bonchev–Trinajstić information content (AvgIpc) is 2.67. The number of carbonyl (C=O) groups excluding carboxylic acids is 1. The molecule has 1 saturated heterocycles. The van der Waals surface area contributed by atoms with Crippen LogP contribution < -0.4 is 0 Å². The fourth-order valence-electron chi connectivity index (χ4n) is 2.43. The summed E-state index contributed by atoms with van der Waals surface area (Å²) in [7, 11) is 0. The zero-order valence-corrected chi connectivity index (χ0v) is 10.6. The predicted octanol–water partition coefficient (Wildman–Crippen LogP) is 1.92. The van der Waals surface area contributed by atoms with E-state index in [1.165, 1.54) is 6.92 Å². The van der Waals surface area contributed by atoms with Gasteiger partial charge < -0.3 is 10.0 Å². The molecular formula is C14H18FNO2. The Bertz CT molecular complexity index is 421. The van der Waals surface area contributed by atoms with E-state index in [-0.39, 0.29) is 18.5 Å². The summed E-state index contributed by atoms with van der Waals surface area (Å²) in [6.07, 6.45) is -2.40. The van der Waals surface area contributed by atoms with E-state index in [4.69, 9.17) is 0 Å². The summed E-state index contributed by atoms with van der Waals surface area (Å²) in [5, 5.41) is 9.76. The molecule has 0 spiro atoms. The minimum Gasteiger partial charge on any atom is -0.383 e. The summed E-state index contributed by atoms with van der Waals surface area (Å²) in [5.41, 5.74) is 0.991. The van der Waals surface area contributed by atoms with Gasteiger partial charge in [0.25, 0.3) is 5.91 Å². The fraction of sp³-hybridized carbons (Fsp3) is 0.500. The number of benzene rings is 1. The van der Waals surface area contributed by atoms with E-state index >= 15 is 0 Å². The van der Waals surface area contributed by atoms with Crippen LogP contribution in [0.25, 0.3) is 0 Å². The summed E-state index contributed by atoms with van der Waals surface area (Å²) in [6, 6.07) is 9.42. The van der Waals surface area contributed by atoms with Gasteiger partial charge in [-0.05, 0) is 19.4 Å². The van der Waals surface area contributed by atoms with E-state index < -0.39 is 18.2 Å². The van der Waals surface area contributed by atoms with Crippen LogP contribution in [0.4, 0.5) is 4.39 Å². The SMILES string of the molecule is CC(F)C1CN([C@H](C)c2ccccc2)C(=O)[C@@H]1O. The van der Waals surface area contributed by atoms with Gasteiger partial charge in [0.15, 0.2) is 0 Å². The number of aliphatic hydroxyl groups excluding tert-OH is 1. The Kier molecular flexibility index (Phi) is 3.66. The Balaban J connectivity index is 2.18. The lowest BCUT2D eigenvalue weighted by molar-refractivity contribution is -0.137. The third kappa shape index (κ3) is 2.25. The van der Waals surface area contributed by atoms with Crippen LogP contribution in [0.1, 0.15) is 25.5 Å². The number of aliphatic hydroxyl groups is 1. The Hall–Kier alpha value is -1.42. The molecule has 1 aliphatic rings. The lowest BCUT2D eigenvalue weighted by Gasteiger charge is -2.25. The molecule has 1 aromatic carbocycles. The van der Waals surface area contributed by atoms with Crippen molar-refractivity contribution in [2.24, 2.45) is 5.92 Å². The molecule has 3 nitrogen and oxygen atoms in total. The van der Waals surface area contributed by atoms with Crippen LogP contribution >= 0.6 is 0 Å². The van der Waals surface area contributed by atoms with Gasteiger partial charge in [-0.1, -0.05) is 30.3 Å². The standard InChI is InChI=1S/C14H18FNO2/c1-9(15)12-8-16(14(18)13(12)17)10(2)11-6-4-3-5-7-11/h3-7,9-10,12-13,17H,8H2,1-2H3/t9?,10-,12?,13-/m1/s1. The first kappa shape index (κ1) is 13.0. The van der Waals surface area contributed by atoms with Crippen LogP contribution in [-0.2, 0) is 4.79 Å². The third-order valence-corrected chi connectivity index (χ3v) is 3.69. The van der Waals surface area contributed by atoms with E-state index in [0.29, 0.717) is 0 Å². The molecule has 18 heavy (non-hydrogen) atoms. The van der Waals surface area contributed by atoms with Crippen molar-refractivity contribution in [3.63, 3.8) is 0 Å². The Morgan fingerprint density at radius 3 is 2.44 bits per heavy atom. The summed E-state index contributed by atoms with van der Waals surface area (Å²) < 4.78 is 13.3. The molecule has 0 radical (unpaired) electrons. The highest BCUT2D eigenvalue weighted by molar-refractivity contribution is 5.83. The first-order valence-electron chi connectivity index (χ1n) is 6.20. The van der Waals surface area contributed by atoms with Gasteiger partial charge in [0.05, 0.1) is 6.04 Å².